The lowest BCUT2D eigenvalue weighted by molar-refractivity contribution is -0.122. The number of hydrogen-bond acceptors (Lipinski definition) is 6. The van der Waals surface area contributed by atoms with Crippen molar-refractivity contribution in [2.75, 3.05) is 16.8 Å². The van der Waals surface area contributed by atoms with Crippen molar-refractivity contribution in [3.05, 3.63) is 65.7 Å². The number of carbonyl (C=O) groups excluding carboxylic acids is 2. The standard InChI is InChI=1S/C21H20N4O2S2/c1-14-6-5-9-17(10-14)25-12-16(11-18(25)26)19(27)22-20-23-24-21(29-20)28-13-15-7-3-2-4-8-15/h2-10,16H,11-13H2,1H3,(H,22,23,27). The van der Waals surface area contributed by atoms with Crippen LogP contribution in [0.4, 0.5) is 10.8 Å². The Bertz CT molecular complexity index is 1020. The Hall–Kier alpha value is -2.71. The summed E-state index contributed by atoms with van der Waals surface area (Å²) in [5.41, 5.74) is 3.12. The van der Waals surface area contributed by atoms with E-state index in [2.05, 4.69) is 27.6 Å². The van der Waals surface area contributed by atoms with E-state index < -0.39 is 5.92 Å². The number of anilines is 2. The molecule has 1 aliphatic heterocycles. The number of nitrogens with one attached hydrogen (secondary N) is 1. The maximum atomic E-state index is 12.6. The van der Waals surface area contributed by atoms with Gasteiger partial charge in [0.25, 0.3) is 0 Å². The molecule has 0 aliphatic carbocycles. The Kier molecular flexibility index (Phi) is 5.92. The number of aromatic nitrogens is 2. The molecule has 0 bridgehead atoms. The van der Waals surface area contributed by atoms with Gasteiger partial charge >= 0.3 is 0 Å². The van der Waals surface area contributed by atoms with E-state index >= 15 is 0 Å². The first kappa shape index (κ1) is 19.6. The minimum atomic E-state index is -0.396. The van der Waals surface area contributed by atoms with Crippen LogP contribution in [-0.4, -0.2) is 28.6 Å². The monoisotopic (exact) mass is 424 g/mol. The molecule has 1 N–H and O–H groups in total. The molecule has 8 heteroatoms. The predicted molar refractivity (Wildman–Crippen MR) is 116 cm³/mol. The summed E-state index contributed by atoms with van der Waals surface area (Å²) in [5, 5.41) is 11.5. The van der Waals surface area contributed by atoms with Gasteiger partial charge in [0.1, 0.15) is 0 Å². The third kappa shape index (κ3) is 4.83. The van der Waals surface area contributed by atoms with Crippen LogP contribution in [0.15, 0.2) is 58.9 Å². The van der Waals surface area contributed by atoms with Crippen LogP contribution in [-0.2, 0) is 15.3 Å². The number of benzene rings is 2. The molecule has 148 valence electrons. The first-order chi connectivity index (χ1) is 14.1. The van der Waals surface area contributed by atoms with Crippen LogP contribution in [0.25, 0.3) is 0 Å². The van der Waals surface area contributed by atoms with Crippen LogP contribution in [0, 0.1) is 12.8 Å². The molecule has 1 saturated heterocycles. The third-order valence-corrected chi connectivity index (χ3v) is 6.69. The molecule has 2 heterocycles. The van der Waals surface area contributed by atoms with Gasteiger partial charge in [-0.1, -0.05) is 65.6 Å². The molecule has 0 spiro atoms. The lowest BCUT2D eigenvalue weighted by Crippen LogP contribution is -2.28. The first-order valence-corrected chi connectivity index (χ1v) is 11.1. The molecular formula is C21H20N4O2S2. The highest BCUT2D eigenvalue weighted by Crippen LogP contribution is 2.30. The number of hydrogen-bond donors (Lipinski definition) is 1. The van der Waals surface area contributed by atoms with Crippen molar-refractivity contribution in [2.45, 2.75) is 23.4 Å². The molecule has 0 radical (unpaired) electrons. The lowest BCUT2D eigenvalue weighted by atomic mass is 10.1. The summed E-state index contributed by atoms with van der Waals surface area (Å²) < 4.78 is 0.799. The van der Waals surface area contributed by atoms with Crippen molar-refractivity contribution in [2.24, 2.45) is 5.92 Å². The van der Waals surface area contributed by atoms with Crippen LogP contribution in [0.2, 0.25) is 0 Å². The minimum Gasteiger partial charge on any atom is -0.312 e. The molecular weight excluding hydrogens is 404 g/mol. The van der Waals surface area contributed by atoms with Crippen LogP contribution in [0.5, 0.6) is 0 Å². The number of rotatable bonds is 6. The van der Waals surface area contributed by atoms with E-state index in [-0.39, 0.29) is 18.2 Å². The zero-order valence-corrected chi connectivity index (χ0v) is 17.5. The molecule has 6 nitrogen and oxygen atoms in total. The molecule has 0 saturated carbocycles. The molecule has 1 atom stereocenters. The predicted octanol–water partition coefficient (Wildman–Crippen LogP) is 4.13. The normalized spacial score (nSPS) is 16.2. The molecule has 29 heavy (non-hydrogen) atoms. The van der Waals surface area contributed by atoms with Crippen LogP contribution in [0.3, 0.4) is 0 Å². The molecule has 2 amide bonds. The van der Waals surface area contributed by atoms with Crippen molar-refractivity contribution in [3.63, 3.8) is 0 Å². The summed E-state index contributed by atoms with van der Waals surface area (Å²) >= 11 is 2.93. The quantitative estimate of drug-likeness (QED) is 0.476. The second-order valence-corrected chi connectivity index (χ2v) is 9.08. The van der Waals surface area contributed by atoms with Gasteiger partial charge in [-0.05, 0) is 30.2 Å². The molecule has 4 rings (SSSR count). The second kappa shape index (κ2) is 8.75. The lowest BCUT2D eigenvalue weighted by Gasteiger charge is -2.17. The molecule has 1 fully saturated rings. The molecule has 1 aliphatic rings. The SMILES string of the molecule is Cc1cccc(N2CC(C(=O)Nc3nnc(SCc4ccccc4)s3)CC2=O)c1. The van der Waals surface area contributed by atoms with Gasteiger partial charge in [-0.3, -0.25) is 9.59 Å². The highest BCUT2D eigenvalue weighted by atomic mass is 32.2. The van der Waals surface area contributed by atoms with Gasteiger partial charge in [0.05, 0.1) is 5.92 Å². The number of thioether (sulfide) groups is 1. The Morgan fingerprint density at radius 3 is 2.83 bits per heavy atom. The minimum absolute atomic E-state index is 0.0351. The van der Waals surface area contributed by atoms with Crippen LogP contribution in [0.1, 0.15) is 17.5 Å². The van der Waals surface area contributed by atoms with Gasteiger partial charge in [0.2, 0.25) is 16.9 Å². The van der Waals surface area contributed by atoms with Crippen LogP contribution < -0.4 is 10.2 Å². The third-order valence-electron chi connectivity index (χ3n) is 4.65. The summed E-state index contributed by atoms with van der Waals surface area (Å²) in [6, 6.07) is 17.9. The Labute approximate surface area is 177 Å². The number of amides is 2. The van der Waals surface area contributed by atoms with Crippen molar-refractivity contribution < 1.29 is 9.59 Å². The molecule has 1 unspecified atom stereocenters. The topological polar surface area (TPSA) is 75.2 Å². The van der Waals surface area contributed by atoms with Crippen molar-refractivity contribution in [1.29, 1.82) is 0 Å². The Balaban J connectivity index is 1.34. The maximum Gasteiger partial charge on any atom is 0.231 e. The summed E-state index contributed by atoms with van der Waals surface area (Å²) in [6.45, 7) is 2.36. The van der Waals surface area contributed by atoms with E-state index in [4.69, 9.17) is 0 Å². The van der Waals surface area contributed by atoms with E-state index in [1.54, 1.807) is 16.7 Å². The summed E-state index contributed by atoms with van der Waals surface area (Å²) in [6.07, 6.45) is 0.203. The largest absolute Gasteiger partial charge is 0.312 e. The van der Waals surface area contributed by atoms with E-state index in [1.807, 2.05) is 49.4 Å². The average Bonchev–Trinajstić information content (AvgIpc) is 3.33. The van der Waals surface area contributed by atoms with Gasteiger partial charge in [-0.2, -0.15) is 0 Å². The number of nitrogens with zero attached hydrogens (tertiary/aromatic N) is 3. The molecule has 2 aromatic carbocycles. The van der Waals surface area contributed by atoms with E-state index in [0.717, 1.165) is 21.3 Å². The van der Waals surface area contributed by atoms with Crippen LogP contribution >= 0.6 is 23.1 Å². The number of carbonyl (C=O) groups is 2. The Morgan fingerprint density at radius 2 is 2.03 bits per heavy atom. The summed E-state index contributed by atoms with van der Waals surface area (Å²) in [5.74, 6) is 0.176. The molecule has 3 aromatic rings. The maximum absolute atomic E-state index is 12.6. The summed E-state index contributed by atoms with van der Waals surface area (Å²) in [7, 11) is 0. The van der Waals surface area contributed by atoms with Gasteiger partial charge in [0, 0.05) is 24.4 Å². The smallest absolute Gasteiger partial charge is 0.231 e. The molecule has 1 aromatic heterocycles. The van der Waals surface area contributed by atoms with Crippen molar-refractivity contribution in [3.8, 4) is 0 Å². The zero-order chi connectivity index (χ0) is 20.2. The van der Waals surface area contributed by atoms with E-state index in [9.17, 15) is 9.59 Å². The van der Waals surface area contributed by atoms with Crippen molar-refractivity contribution in [1.82, 2.24) is 10.2 Å². The number of aryl methyl sites for hydroxylation is 1. The first-order valence-electron chi connectivity index (χ1n) is 9.26. The Morgan fingerprint density at radius 1 is 1.21 bits per heavy atom. The van der Waals surface area contributed by atoms with E-state index in [1.165, 1.54) is 16.9 Å². The van der Waals surface area contributed by atoms with Gasteiger partial charge < -0.3 is 10.2 Å². The van der Waals surface area contributed by atoms with Gasteiger partial charge in [-0.15, -0.1) is 10.2 Å². The summed E-state index contributed by atoms with van der Waals surface area (Å²) in [4.78, 5) is 26.7. The van der Waals surface area contributed by atoms with Gasteiger partial charge in [0.15, 0.2) is 4.34 Å². The fourth-order valence-electron chi connectivity index (χ4n) is 3.17. The fourth-order valence-corrected chi connectivity index (χ4v) is 4.88. The average molecular weight is 425 g/mol. The highest BCUT2D eigenvalue weighted by molar-refractivity contribution is 8.00. The van der Waals surface area contributed by atoms with E-state index in [0.29, 0.717) is 11.7 Å². The van der Waals surface area contributed by atoms with Gasteiger partial charge in [-0.25, -0.2) is 0 Å². The van der Waals surface area contributed by atoms with Crippen molar-refractivity contribution >= 4 is 45.7 Å². The zero-order valence-electron chi connectivity index (χ0n) is 15.9. The highest BCUT2D eigenvalue weighted by Gasteiger charge is 2.35. The second-order valence-electron chi connectivity index (χ2n) is 6.88. The fraction of sp³-hybridized carbons (Fsp3) is 0.238.